The summed E-state index contributed by atoms with van der Waals surface area (Å²) in [7, 11) is 1.90. The zero-order valence-electron chi connectivity index (χ0n) is 8.46. The first kappa shape index (κ1) is 10.5. The molecule has 14 heavy (non-hydrogen) atoms. The van der Waals surface area contributed by atoms with Crippen molar-refractivity contribution < 1.29 is 0 Å². The van der Waals surface area contributed by atoms with Crippen molar-refractivity contribution in [1.29, 1.82) is 0 Å². The average Bonchev–Trinajstić information content (AvgIpc) is 2.15. The third kappa shape index (κ3) is 3.04. The summed E-state index contributed by atoms with van der Waals surface area (Å²) < 4.78 is 0. The first-order valence-electron chi connectivity index (χ1n) is 4.46. The van der Waals surface area contributed by atoms with Crippen LogP contribution in [0.15, 0.2) is 6.20 Å². The normalized spacial score (nSPS) is 9.29. The molecule has 0 aliphatic heterocycles. The Morgan fingerprint density at radius 3 is 3.00 bits per heavy atom. The molecule has 0 aromatic carbocycles. The van der Waals surface area contributed by atoms with E-state index in [1.165, 1.54) is 0 Å². The van der Waals surface area contributed by atoms with Crippen LogP contribution in [0.25, 0.3) is 0 Å². The molecule has 4 heteroatoms. The molecule has 0 bridgehead atoms. The summed E-state index contributed by atoms with van der Waals surface area (Å²) in [6.45, 7) is 2.77. The number of hydrogen-bond donors (Lipinski definition) is 2. The Bertz CT molecular complexity index is 362. The molecular weight excluding hydrogens is 176 g/mol. The van der Waals surface area contributed by atoms with E-state index in [2.05, 4.69) is 27.1 Å². The van der Waals surface area contributed by atoms with Gasteiger partial charge in [0.2, 0.25) is 5.95 Å². The summed E-state index contributed by atoms with van der Waals surface area (Å²) in [5.74, 6) is 6.33. The molecule has 1 aromatic rings. The van der Waals surface area contributed by atoms with Crippen molar-refractivity contribution in [1.82, 2.24) is 15.3 Å². The van der Waals surface area contributed by atoms with Crippen molar-refractivity contribution in [3.8, 4) is 11.8 Å². The lowest BCUT2D eigenvalue weighted by molar-refractivity contribution is 0.818. The van der Waals surface area contributed by atoms with Gasteiger partial charge >= 0.3 is 0 Å². The maximum atomic E-state index is 5.42. The van der Waals surface area contributed by atoms with E-state index in [-0.39, 0.29) is 0 Å². The Balaban J connectivity index is 2.70. The number of aromatic nitrogens is 2. The van der Waals surface area contributed by atoms with Crippen LogP contribution in [0.1, 0.15) is 17.7 Å². The van der Waals surface area contributed by atoms with Crippen molar-refractivity contribution >= 4 is 5.95 Å². The van der Waals surface area contributed by atoms with Gasteiger partial charge in [0.05, 0.1) is 11.3 Å². The first-order valence-corrected chi connectivity index (χ1v) is 4.46. The Kier molecular flexibility index (Phi) is 3.89. The number of nitrogen functional groups attached to an aromatic ring is 1. The molecule has 0 spiro atoms. The van der Waals surface area contributed by atoms with E-state index in [1.807, 2.05) is 14.0 Å². The van der Waals surface area contributed by atoms with Gasteiger partial charge in [0.15, 0.2) is 0 Å². The third-order valence-corrected chi connectivity index (χ3v) is 1.72. The number of anilines is 1. The minimum absolute atomic E-state index is 0.295. The Labute approximate surface area is 83.9 Å². The molecule has 1 rings (SSSR count). The molecule has 0 aliphatic rings. The summed E-state index contributed by atoms with van der Waals surface area (Å²) in [6, 6.07) is 0. The van der Waals surface area contributed by atoms with Gasteiger partial charge in [-0.2, -0.15) is 0 Å². The lowest BCUT2D eigenvalue weighted by atomic mass is 10.2. The smallest absolute Gasteiger partial charge is 0.220 e. The van der Waals surface area contributed by atoms with Crippen molar-refractivity contribution in [2.24, 2.45) is 0 Å². The number of aryl methyl sites for hydroxylation is 1. The van der Waals surface area contributed by atoms with Gasteiger partial charge in [-0.1, -0.05) is 11.8 Å². The van der Waals surface area contributed by atoms with Gasteiger partial charge in [-0.25, -0.2) is 9.97 Å². The van der Waals surface area contributed by atoms with Gasteiger partial charge in [0.1, 0.15) is 0 Å². The number of hydrogen-bond acceptors (Lipinski definition) is 4. The van der Waals surface area contributed by atoms with Crippen LogP contribution < -0.4 is 11.1 Å². The molecule has 0 amide bonds. The monoisotopic (exact) mass is 190 g/mol. The van der Waals surface area contributed by atoms with E-state index < -0.39 is 0 Å². The minimum Gasteiger partial charge on any atom is -0.368 e. The van der Waals surface area contributed by atoms with Crippen molar-refractivity contribution in [2.45, 2.75) is 13.3 Å². The van der Waals surface area contributed by atoms with E-state index in [1.54, 1.807) is 6.20 Å². The molecule has 1 aromatic heterocycles. The zero-order valence-corrected chi connectivity index (χ0v) is 8.46. The van der Waals surface area contributed by atoms with Crippen molar-refractivity contribution in [3.05, 3.63) is 17.5 Å². The number of nitrogens with zero attached hydrogens (tertiary/aromatic N) is 2. The third-order valence-electron chi connectivity index (χ3n) is 1.72. The largest absolute Gasteiger partial charge is 0.368 e. The highest BCUT2D eigenvalue weighted by atomic mass is 15.0. The van der Waals surface area contributed by atoms with Gasteiger partial charge in [-0.3, -0.25) is 0 Å². The molecule has 3 N–H and O–H groups in total. The fraction of sp³-hybridized carbons (Fsp3) is 0.400. The predicted molar refractivity (Wildman–Crippen MR) is 56.6 cm³/mol. The number of nitrogens with two attached hydrogens (primary N) is 1. The van der Waals surface area contributed by atoms with Crippen molar-refractivity contribution in [3.63, 3.8) is 0 Å². The van der Waals surface area contributed by atoms with Crippen molar-refractivity contribution in [2.75, 3.05) is 19.3 Å². The quantitative estimate of drug-likeness (QED) is 0.521. The average molecular weight is 190 g/mol. The van der Waals surface area contributed by atoms with Crippen LogP contribution >= 0.6 is 0 Å². The fourth-order valence-corrected chi connectivity index (χ4v) is 0.953. The fourth-order valence-electron chi connectivity index (χ4n) is 0.953. The van der Waals surface area contributed by atoms with Gasteiger partial charge in [0.25, 0.3) is 0 Å². The van der Waals surface area contributed by atoms with Gasteiger partial charge in [0, 0.05) is 19.2 Å². The highest BCUT2D eigenvalue weighted by Gasteiger charge is 1.96. The SMILES string of the molecule is CNCCC#Cc1cnc(N)nc1C. The second kappa shape index (κ2) is 5.20. The van der Waals surface area contributed by atoms with Crippen LogP contribution in [0.2, 0.25) is 0 Å². The second-order valence-electron chi connectivity index (χ2n) is 2.88. The molecule has 4 nitrogen and oxygen atoms in total. The van der Waals surface area contributed by atoms with Crippen LogP contribution in [0.4, 0.5) is 5.95 Å². The molecule has 0 saturated heterocycles. The lowest BCUT2D eigenvalue weighted by Crippen LogP contribution is -2.06. The Morgan fingerprint density at radius 1 is 1.57 bits per heavy atom. The van der Waals surface area contributed by atoms with Crippen LogP contribution in [-0.4, -0.2) is 23.6 Å². The molecule has 0 radical (unpaired) electrons. The van der Waals surface area contributed by atoms with Gasteiger partial charge < -0.3 is 11.1 Å². The summed E-state index contributed by atoms with van der Waals surface area (Å²) in [6.07, 6.45) is 2.48. The molecule has 0 aliphatic carbocycles. The second-order valence-corrected chi connectivity index (χ2v) is 2.88. The topological polar surface area (TPSA) is 63.8 Å². The number of rotatable bonds is 2. The molecule has 0 saturated carbocycles. The first-order chi connectivity index (χ1) is 6.74. The van der Waals surface area contributed by atoms with E-state index in [9.17, 15) is 0 Å². The maximum absolute atomic E-state index is 5.42. The van der Waals surface area contributed by atoms with Crippen LogP contribution in [-0.2, 0) is 0 Å². The van der Waals surface area contributed by atoms with Crippen LogP contribution in [0.5, 0.6) is 0 Å². The van der Waals surface area contributed by atoms with E-state index in [0.717, 1.165) is 24.2 Å². The van der Waals surface area contributed by atoms with E-state index in [4.69, 9.17) is 5.73 Å². The predicted octanol–water partition coefficient (Wildman–Crippen LogP) is 0.328. The molecule has 0 unspecified atom stereocenters. The highest BCUT2D eigenvalue weighted by molar-refractivity contribution is 5.37. The molecule has 0 fully saturated rings. The Morgan fingerprint density at radius 2 is 2.36 bits per heavy atom. The lowest BCUT2D eigenvalue weighted by Gasteiger charge is -1.96. The summed E-state index contributed by atoms with van der Waals surface area (Å²) >= 11 is 0. The highest BCUT2D eigenvalue weighted by Crippen LogP contribution is 2.02. The molecule has 1 heterocycles. The summed E-state index contributed by atoms with van der Waals surface area (Å²) in [4.78, 5) is 7.91. The minimum atomic E-state index is 0.295. The van der Waals surface area contributed by atoms with Gasteiger partial charge in [-0.15, -0.1) is 0 Å². The van der Waals surface area contributed by atoms with Crippen LogP contribution in [0.3, 0.4) is 0 Å². The standard InChI is InChI=1S/C10H14N4/c1-8-9(5-3-4-6-12-2)7-13-10(11)14-8/h7,12H,4,6H2,1-2H3,(H2,11,13,14). The van der Waals surface area contributed by atoms with E-state index >= 15 is 0 Å². The summed E-state index contributed by atoms with van der Waals surface area (Å²) in [5.41, 5.74) is 7.09. The zero-order chi connectivity index (χ0) is 10.4. The maximum Gasteiger partial charge on any atom is 0.220 e. The molecular formula is C10H14N4. The number of nitrogens with one attached hydrogen (secondary N) is 1. The molecule has 0 atom stereocenters. The van der Waals surface area contributed by atoms with Crippen LogP contribution in [0, 0.1) is 18.8 Å². The Hall–Kier alpha value is -1.60. The molecule has 74 valence electrons. The van der Waals surface area contributed by atoms with Gasteiger partial charge in [-0.05, 0) is 14.0 Å². The summed E-state index contributed by atoms with van der Waals surface area (Å²) in [5, 5.41) is 3.02. The van der Waals surface area contributed by atoms with E-state index in [0.29, 0.717) is 5.95 Å².